The molecule has 0 aliphatic heterocycles. The number of carbonyl (C=O) groups is 1. The largest absolute Gasteiger partial charge is 0.494 e. The molecule has 0 N–H and O–H groups in total. The molecule has 4 nitrogen and oxygen atoms in total. The van der Waals surface area contributed by atoms with Crippen LogP contribution in [0.15, 0.2) is 66.9 Å². The van der Waals surface area contributed by atoms with Gasteiger partial charge in [0.25, 0.3) is 5.91 Å². The van der Waals surface area contributed by atoms with Crippen LogP contribution in [0.2, 0.25) is 5.02 Å². The van der Waals surface area contributed by atoms with E-state index in [2.05, 4.69) is 4.98 Å². The highest BCUT2D eigenvalue weighted by atomic mass is 35.5. The minimum atomic E-state index is -0.470. The number of anilines is 1. The van der Waals surface area contributed by atoms with Crippen LogP contribution in [0.3, 0.4) is 0 Å². The average molecular weight is 385 g/mol. The van der Waals surface area contributed by atoms with Gasteiger partial charge in [0.2, 0.25) is 0 Å². The van der Waals surface area contributed by atoms with E-state index in [0.29, 0.717) is 23.7 Å². The maximum absolute atomic E-state index is 14.3. The summed E-state index contributed by atoms with van der Waals surface area (Å²) in [4.78, 5) is 18.8. The van der Waals surface area contributed by atoms with Crippen molar-refractivity contribution in [2.45, 2.75) is 13.5 Å². The summed E-state index contributed by atoms with van der Waals surface area (Å²) in [7, 11) is 0. The van der Waals surface area contributed by atoms with E-state index >= 15 is 0 Å². The van der Waals surface area contributed by atoms with Gasteiger partial charge in [0, 0.05) is 22.3 Å². The van der Waals surface area contributed by atoms with Crippen molar-refractivity contribution in [1.82, 2.24) is 4.98 Å². The van der Waals surface area contributed by atoms with E-state index in [4.69, 9.17) is 16.3 Å². The topological polar surface area (TPSA) is 42.4 Å². The third-order valence-electron chi connectivity index (χ3n) is 3.96. The molecular weight excluding hydrogens is 367 g/mol. The number of pyridine rings is 1. The molecule has 1 amide bonds. The SMILES string of the molecule is CCOc1ccc(C(=O)N(Cc2c(F)cccc2Cl)c2ccccn2)cc1. The molecule has 6 heteroatoms. The summed E-state index contributed by atoms with van der Waals surface area (Å²) >= 11 is 6.15. The molecule has 0 saturated carbocycles. The van der Waals surface area contributed by atoms with Crippen LogP contribution in [0.25, 0.3) is 0 Å². The van der Waals surface area contributed by atoms with Crippen LogP contribution in [0.1, 0.15) is 22.8 Å². The van der Waals surface area contributed by atoms with E-state index in [9.17, 15) is 9.18 Å². The first-order valence-electron chi connectivity index (χ1n) is 8.48. The van der Waals surface area contributed by atoms with E-state index in [1.165, 1.54) is 17.0 Å². The minimum absolute atomic E-state index is 0.0332. The molecule has 138 valence electrons. The Hall–Kier alpha value is -2.92. The number of amides is 1. The summed E-state index contributed by atoms with van der Waals surface area (Å²) in [6, 6.07) is 16.5. The third-order valence-corrected chi connectivity index (χ3v) is 4.32. The van der Waals surface area contributed by atoms with Crippen LogP contribution in [0.4, 0.5) is 10.2 Å². The van der Waals surface area contributed by atoms with E-state index in [1.54, 1.807) is 54.7 Å². The van der Waals surface area contributed by atoms with Crippen LogP contribution in [-0.2, 0) is 6.54 Å². The van der Waals surface area contributed by atoms with Crippen molar-refractivity contribution in [2.75, 3.05) is 11.5 Å². The van der Waals surface area contributed by atoms with Crippen LogP contribution < -0.4 is 9.64 Å². The van der Waals surface area contributed by atoms with Gasteiger partial charge in [-0.1, -0.05) is 23.7 Å². The Balaban J connectivity index is 1.96. The zero-order chi connectivity index (χ0) is 19.2. The van der Waals surface area contributed by atoms with Gasteiger partial charge in [0.15, 0.2) is 0 Å². The normalized spacial score (nSPS) is 10.5. The first-order valence-corrected chi connectivity index (χ1v) is 8.86. The highest BCUT2D eigenvalue weighted by Gasteiger charge is 2.22. The standard InChI is InChI=1S/C21H18ClFN2O2/c1-2-27-16-11-9-15(10-12-16)21(26)25(20-8-3-4-13-24-20)14-17-18(22)6-5-7-19(17)23/h3-13H,2,14H2,1H3. The summed E-state index contributed by atoms with van der Waals surface area (Å²) in [5.74, 6) is 0.310. The molecule has 0 fully saturated rings. The maximum Gasteiger partial charge on any atom is 0.259 e. The summed E-state index contributed by atoms with van der Waals surface area (Å²) in [6.07, 6.45) is 1.58. The second-order valence-corrected chi connectivity index (χ2v) is 6.14. The van der Waals surface area contributed by atoms with Gasteiger partial charge in [-0.05, 0) is 55.5 Å². The number of carbonyl (C=O) groups excluding carboxylic acids is 1. The van der Waals surface area contributed by atoms with Gasteiger partial charge < -0.3 is 4.74 Å². The van der Waals surface area contributed by atoms with Crippen molar-refractivity contribution in [3.8, 4) is 5.75 Å². The lowest BCUT2D eigenvalue weighted by Gasteiger charge is -2.23. The second-order valence-electron chi connectivity index (χ2n) is 5.74. The van der Waals surface area contributed by atoms with Gasteiger partial charge in [-0.3, -0.25) is 9.69 Å². The number of hydrogen-bond acceptors (Lipinski definition) is 3. The van der Waals surface area contributed by atoms with Crippen LogP contribution in [0.5, 0.6) is 5.75 Å². The van der Waals surface area contributed by atoms with Crippen molar-refractivity contribution in [1.29, 1.82) is 0 Å². The molecular formula is C21H18ClFN2O2. The van der Waals surface area contributed by atoms with Crippen molar-refractivity contribution in [3.63, 3.8) is 0 Å². The Labute approximate surface area is 162 Å². The number of hydrogen-bond donors (Lipinski definition) is 0. The van der Waals surface area contributed by atoms with E-state index < -0.39 is 5.82 Å². The Morgan fingerprint density at radius 1 is 1.11 bits per heavy atom. The lowest BCUT2D eigenvalue weighted by atomic mass is 10.1. The number of benzene rings is 2. The smallest absolute Gasteiger partial charge is 0.259 e. The Morgan fingerprint density at radius 2 is 1.89 bits per heavy atom. The van der Waals surface area contributed by atoms with Crippen molar-refractivity contribution < 1.29 is 13.9 Å². The summed E-state index contributed by atoms with van der Waals surface area (Å²) in [6.45, 7) is 2.40. The van der Waals surface area contributed by atoms with Crippen molar-refractivity contribution in [2.24, 2.45) is 0 Å². The van der Waals surface area contributed by atoms with E-state index in [-0.39, 0.29) is 23.0 Å². The van der Waals surface area contributed by atoms with Gasteiger partial charge in [0.1, 0.15) is 17.4 Å². The quantitative estimate of drug-likeness (QED) is 0.592. The van der Waals surface area contributed by atoms with Gasteiger partial charge in [-0.15, -0.1) is 0 Å². The van der Waals surface area contributed by atoms with Gasteiger partial charge in [0.05, 0.1) is 13.2 Å². The molecule has 0 saturated heterocycles. The molecule has 0 atom stereocenters. The molecule has 3 rings (SSSR count). The molecule has 0 aliphatic carbocycles. The number of rotatable bonds is 6. The number of aromatic nitrogens is 1. The molecule has 0 unspecified atom stereocenters. The fraction of sp³-hybridized carbons (Fsp3) is 0.143. The average Bonchev–Trinajstić information content (AvgIpc) is 2.69. The second kappa shape index (κ2) is 8.64. The molecule has 27 heavy (non-hydrogen) atoms. The third kappa shape index (κ3) is 4.44. The highest BCUT2D eigenvalue weighted by molar-refractivity contribution is 6.31. The Morgan fingerprint density at radius 3 is 2.52 bits per heavy atom. The number of ether oxygens (including phenoxy) is 1. The summed E-state index contributed by atoms with van der Waals surface area (Å²) in [5, 5.41) is 0.260. The van der Waals surface area contributed by atoms with Crippen LogP contribution in [0, 0.1) is 5.82 Å². The lowest BCUT2D eigenvalue weighted by molar-refractivity contribution is 0.0984. The van der Waals surface area contributed by atoms with Crippen LogP contribution >= 0.6 is 11.6 Å². The molecule has 0 spiro atoms. The molecule has 1 heterocycles. The fourth-order valence-corrected chi connectivity index (χ4v) is 2.85. The van der Waals surface area contributed by atoms with E-state index in [1.807, 2.05) is 6.92 Å². The molecule has 0 aliphatic rings. The minimum Gasteiger partial charge on any atom is -0.494 e. The van der Waals surface area contributed by atoms with Crippen molar-refractivity contribution >= 4 is 23.3 Å². The Bertz CT molecular complexity index is 897. The van der Waals surface area contributed by atoms with Gasteiger partial charge >= 0.3 is 0 Å². The summed E-state index contributed by atoms with van der Waals surface area (Å²) in [5.41, 5.74) is 0.681. The first-order chi connectivity index (χ1) is 13.1. The van der Waals surface area contributed by atoms with Gasteiger partial charge in [-0.2, -0.15) is 0 Å². The predicted molar refractivity (Wildman–Crippen MR) is 104 cm³/mol. The Kier molecular flexibility index (Phi) is 6.04. The first kappa shape index (κ1) is 18.9. The molecule has 0 bridgehead atoms. The van der Waals surface area contributed by atoms with E-state index in [0.717, 1.165) is 0 Å². The maximum atomic E-state index is 14.3. The molecule has 1 aromatic heterocycles. The lowest BCUT2D eigenvalue weighted by Crippen LogP contribution is -2.31. The monoisotopic (exact) mass is 384 g/mol. The molecule has 2 aromatic carbocycles. The zero-order valence-electron chi connectivity index (χ0n) is 14.7. The number of nitrogens with zero attached hydrogens (tertiary/aromatic N) is 2. The summed E-state index contributed by atoms with van der Waals surface area (Å²) < 4.78 is 19.7. The predicted octanol–water partition coefficient (Wildman–Crippen LogP) is 5.12. The van der Waals surface area contributed by atoms with Crippen LogP contribution in [-0.4, -0.2) is 17.5 Å². The number of halogens is 2. The van der Waals surface area contributed by atoms with Gasteiger partial charge in [-0.25, -0.2) is 9.37 Å². The molecule has 0 radical (unpaired) electrons. The highest BCUT2D eigenvalue weighted by Crippen LogP contribution is 2.25. The van der Waals surface area contributed by atoms with Crippen molar-refractivity contribution in [3.05, 3.63) is 88.8 Å². The fourth-order valence-electron chi connectivity index (χ4n) is 2.63. The molecule has 3 aromatic rings. The zero-order valence-corrected chi connectivity index (χ0v) is 15.5.